The van der Waals surface area contributed by atoms with E-state index in [0.717, 1.165) is 12.1 Å². The Balaban J connectivity index is 0.000000292. The van der Waals surface area contributed by atoms with Crippen molar-refractivity contribution in [2.75, 3.05) is 6.54 Å². The van der Waals surface area contributed by atoms with Crippen molar-refractivity contribution < 1.29 is 4.39 Å². The van der Waals surface area contributed by atoms with Crippen LogP contribution in [0.3, 0.4) is 0 Å². The lowest BCUT2D eigenvalue weighted by Crippen LogP contribution is -1.87. The molecule has 2 N–H and O–H groups in total. The van der Waals surface area contributed by atoms with Crippen LogP contribution in [-0.2, 0) is 0 Å². The molecule has 0 aliphatic carbocycles. The zero-order valence-corrected chi connectivity index (χ0v) is 6.97. The van der Waals surface area contributed by atoms with Crippen LogP contribution in [0.15, 0.2) is 24.3 Å². The summed E-state index contributed by atoms with van der Waals surface area (Å²) in [6.45, 7) is 4.52. The van der Waals surface area contributed by atoms with Gasteiger partial charge >= 0.3 is 0 Å². The second-order valence-corrected chi connectivity index (χ2v) is 2.21. The van der Waals surface area contributed by atoms with Crippen LogP contribution in [0.1, 0.15) is 12.5 Å². The van der Waals surface area contributed by atoms with Crippen LogP contribution in [0.2, 0.25) is 0 Å². The van der Waals surface area contributed by atoms with Gasteiger partial charge in [0.05, 0.1) is 0 Å². The molecule has 1 aromatic carbocycles. The lowest BCUT2D eigenvalue weighted by molar-refractivity contribution is 0.626. The van der Waals surface area contributed by atoms with E-state index in [-0.39, 0.29) is 5.82 Å². The molecule has 0 saturated carbocycles. The highest BCUT2D eigenvalue weighted by atomic mass is 19.1. The molecule has 62 valence electrons. The molecule has 0 saturated heterocycles. The molecule has 1 aromatic rings. The first kappa shape index (κ1) is 10.1. The molecule has 0 aliphatic rings. The molecule has 0 spiro atoms. The third kappa shape index (κ3) is 5.55. The Morgan fingerprint density at radius 1 is 1.45 bits per heavy atom. The quantitative estimate of drug-likeness (QED) is 0.610. The zero-order chi connectivity index (χ0) is 8.69. The van der Waals surface area contributed by atoms with Gasteiger partial charge < -0.3 is 5.73 Å². The van der Waals surface area contributed by atoms with Crippen LogP contribution in [-0.4, -0.2) is 6.54 Å². The second kappa shape index (κ2) is 5.86. The number of hydrogen-bond donors (Lipinski definition) is 1. The third-order valence-corrected chi connectivity index (χ3v) is 0.980. The number of rotatable bonds is 0. The second-order valence-electron chi connectivity index (χ2n) is 2.21. The van der Waals surface area contributed by atoms with Gasteiger partial charge in [-0.25, -0.2) is 4.39 Å². The van der Waals surface area contributed by atoms with Crippen molar-refractivity contribution in [1.29, 1.82) is 0 Å². The standard InChI is InChI=1S/C7H7F.C2H7N/c1-6-3-2-4-7(8)5-6;1-2-3/h2-5H,1H3;2-3H2,1H3. The first-order chi connectivity index (χ1) is 5.20. The third-order valence-electron chi connectivity index (χ3n) is 0.980. The van der Waals surface area contributed by atoms with Crippen molar-refractivity contribution in [2.24, 2.45) is 5.73 Å². The van der Waals surface area contributed by atoms with Crippen molar-refractivity contribution in [3.63, 3.8) is 0 Å². The molecule has 11 heavy (non-hydrogen) atoms. The topological polar surface area (TPSA) is 26.0 Å². The first-order valence-electron chi connectivity index (χ1n) is 3.63. The van der Waals surface area contributed by atoms with E-state index in [9.17, 15) is 4.39 Å². The van der Waals surface area contributed by atoms with Crippen molar-refractivity contribution in [3.8, 4) is 0 Å². The summed E-state index contributed by atoms with van der Waals surface area (Å²) in [5, 5.41) is 0. The molecule has 0 aromatic heterocycles. The predicted molar refractivity (Wildman–Crippen MR) is 45.9 cm³/mol. The smallest absolute Gasteiger partial charge is 0.123 e. The molecular weight excluding hydrogens is 141 g/mol. The molecule has 0 amide bonds. The van der Waals surface area contributed by atoms with Gasteiger partial charge in [0.2, 0.25) is 0 Å². The molecule has 0 radical (unpaired) electrons. The van der Waals surface area contributed by atoms with Crippen LogP contribution < -0.4 is 5.73 Å². The largest absolute Gasteiger partial charge is 0.331 e. The number of benzene rings is 1. The van der Waals surface area contributed by atoms with Gasteiger partial charge in [0.1, 0.15) is 5.82 Å². The Kier molecular flexibility index (Phi) is 5.39. The van der Waals surface area contributed by atoms with E-state index in [1.807, 2.05) is 19.9 Å². The van der Waals surface area contributed by atoms with Gasteiger partial charge in [-0.05, 0) is 31.2 Å². The Morgan fingerprint density at radius 2 is 2.00 bits per heavy atom. The van der Waals surface area contributed by atoms with Crippen molar-refractivity contribution >= 4 is 0 Å². The minimum Gasteiger partial charge on any atom is -0.331 e. The fourth-order valence-corrected chi connectivity index (χ4v) is 0.606. The van der Waals surface area contributed by atoms with Crippen molar-refractivity contribution in [3.05, 3.63) is 35.6 Å². The molecule has 0 aliphatic heterocycles. The number of hydrogen-bond acceptors (Lipinski definition) is 1. The average Bonchev–Trinajstić information content (AvgIpc) is 1.88. The summed E-state index contributed by atoms with van der Waals surface area (Å²) in [6, 6.07) is 6.50. The van der Waals surface area contributed by atoms with Gasteiger partial charge in [-0.2, -0.15) is 0 Å². The lowest BCUT2D eigenvalue weighted by atomic mass is 10.2. The first-order valence-corrected chi connectivity index (χ1v) is 3.63. The molecule has 0 atom stereocenters. The number of halogens is 1. The summed E-state index contributed by atoms with van der Waals surface area (Å²) in [4.78, 5) is 0. The Bertz CT molecular complexity index is 181. The van der Waals surface area contributed by atoms with Crippen LogP contribution in [0, 0.1) is 12.7 Å². The van der Waals surface area contributed by atoms with E-state index >= 15 is 0 Å². The Morgan fingerprint density at radius 3 is 2.27 bits per heavy atom. The van der Waals surface area contributed by atoms with Gasteiger partial charge in [-0.15, -0.1) is 0 Å². The molecule has 2 heteroatoms. The number of nitrogens with two attached hydrogens (primary N) is 1. The van der Waals surface area contributed by atoms with Gasteiger partial charge in [-0.3, -0.25) is 0 Å². The highest BCUT2D eigenvalue weighted by Crippen LogP contribution is 1.99. The molecule has 1 rings (SSSR count). The van der Waals surface area contributed by atoms with Crippen molar-refractivity contribution in [2.45, 2.75) is 13.8 Å². The maximum absolute atomic E-state index is 12.2. The van der Waals surface area contributed by atoms with E-state index < -0.39 is 0 Å². The summed E-state index contributed by atoms with van der Waals surface area (Å²) in [7, 11) is 0. The van der Waals surface area contributed by atoms with E-state index in [4.69, 9.17) is 5.73 Å². The zero-order valence-electron chi connectivity index (χ0n) is 6.97. The Hall–Kier alpha value is -0.890. The summed E-state index contributed by atoms with van der Waals surface area (Å²) in [5.74, 6) is -0.162. The van der Waals surface area contributed by atoms with Crippen LogP contribution >= 0.6 is 0 Å². The summed E-state index contributed by atoms with van der Waals surface area (Å²) in [6.07, 6.45) is 0. The summed E-state index contributed by atoms with van der Waals surface area (Å²) >= 11 is 0. The number of aryl methyl sites for hydroxylation is 1. The molecule has 1 nitrogen and oxygen atoms in total. The highest BCUT2D eigenvalue weighted by Gasteiger charge is 1.84. The fraction of sp³-hybridized carbons (Fsp3) is 0.333. The molecule has 0 bridgehead atoms. The minimum atomic E-state index is -0.162. The molecule has 0 heterocycles. The van der Waals surface area contributed by atoms with Gasteiger partial charge in [0, 0.05) is 0 Å². The fourth-order valence-electron chi connectivity index (χ4n) is 0.606. The van der Waals surface area contributed by atoms with Gasteiger partial charge in [0.25, 0.3) is 0 Å². The molecular formula is C9H14FN. The van der Waals surface area contributed by atoms with Gasteiger partial charge in [-0.1, -0.05) is 19.1 Å². The normalized spacial score (nSPS) is 8.36. The van der Waals surface area contributed by atoms with Crippen LogP contribution in [0.4, 0.5) is 4.39 Å². The minimum absolute atomic E-state index is 0.162. The predicted octanol–water partition coefficient (Wildman–Crippen LogP) is 2.10. The summed E-state index contributed by atoms with van der Waals surface area (Å²) < 4.78 is 12.2. The van der Waals surface area contributed by atoms with E-state index in [1.54, 1.807) is 6.07 Å². The van der Waals surface area contributed by atoms with E-state index in [0.29, 0.717) is 0 Å². The lowest BCUT2D eigenvalue weighted by Gasteiger charge is -1.87. The average molecular weight is 155 g/mol. The molecule has 0 fully saturated rings. The Labute approximate surface area is 67.0 Å². The van der Waals surface area contributed by atoms with E-state index in [1.165, 1.54) is 12.1 Å². The monoisotopic (exact) mass is 155 g/mol. The molecule has 0 unspecified atom stereocenters. The maximum Gasteiger partial charge on any atom is 0.123 e. The van der Waals surface area contributed by atoms with Gasteiger partial charge in [0.15, 0.2) is 0 Å². The summed E-state index contributed by atoms with van der Waals surface area (Å²) in [5.41, 5.74) is 5.81. The van der Waals surface area contributed by atoms with Crippen LogP contribution in [0.5, 0.6) is 0 Å². The van der Waals surface area contributed by atoms with Crippen LogP contribution in [0.25, 0.3) is 0 Å². The van der Waals surface area contributed by atoms with Crippen molar-refractivity contribution in [1.82, 2.24) is 0 Å². The maximum atomic E-state index is 12.2. The highest BCUT2D eigenvalue weighted by molar-refractivity contribution is 5.13. The SMILES string of the molecule is CCN.Cc1cccc(F)c1. The van der Waals surface area contributed by atoms with E-state index in [2.05, 4.69) is 0 Å².